The zero-order valence-electron chi connectivity index (χ0n) is 17.0. The van der Waals surface area contributed by atoms with E-state index in [9.17, 15) is 9.59 Å². The topological polar surface area (TPSA) is 85.2 Å². The fourth-order valence-electron chi connectivity index (χ4n) is 3.51. The first-order chi connectivity index (χ1) is 15.0. The number of aromatic nitrogens is 2. The van der Waals surface area contributed by atoms with Gasteiger partial charge < -0.3 is 19.9 Å². The standard InChI is InChI=1S/C23H23ClN4O3/c1-28-13-20(26-14-28)22(29)25-12-19-9-10-31-21(23(30)27-19)17-4-2-3-16(11-17)15-5-7-18(24)8-6-15/h2-8,11,13-14,19,21H,9-10,12H2,1H3,(H,25,29)(H,27,30)/t19-,21-/m0/s1. The van der Waals surface area contributed by atoms with Crippen LogP contribution in [0.15, 0.2) is 61.1 Å². The third-order valence-corrected chi connectivity index (χ3v) is 5.40. The van der Waals surface area contributed by atoms with E-state index in [1.54, 1.807) is 24.1 Å². The van der Waals surface area contributed by atoms with Crippen molar-refractivity contribution in [2.45, 2.75) is 18.6 Å². The van der Waals surface area contributed by atoms with Crippen LogP contribution in [0.5, 0.6) is 0 Å². The molecule has 2 heterocycles. The van der Waals surface area contributed by atoms with Crippen LogP contribution in [0.2, 0.25) is 5.02 Å². The van der Waals surface area contributed by atoms with Crippen molar-refractivity contribution in [3.8, 4) is 11.1 Å². The molecule has 2 aromatic carbocycles. The van der Waals surface area contributed by atoms with Gasteiger partial charge in [-0.1, -0.05) is 41.9 Å². The van der Waals surface area contributed by atoms with Crippen LogP contribution in [0.25, 0.3) is 11.1 Å². The van der Waals surface area contributed by atoms with Crippen LogP contribution in [0.4, 0.5) is 0 Å². The molecule has 0 radical (unpaired) electrons. The van der Waals surface area contributed by atoms with Gasteiger partial charge >= 0.3 is 0 Å². The number of carbonyl (C=O) groups is 2. The number of hydrogen-bond donors (Lipinski definition) is 2. The molecule has 1 aliphatic rings. The van der Waals surface area contributed by atoms with Gasteiger partial charge in [0.15, 0.2) is 6.10 Å². The molecule has 1 saturated heterocycles. The van der Waals surface area contributed by atoms with Gasteiger partial charge in [-0.25, -0.2) is 4.98 Å². The van der Waals surface area contributed by atoms with Crippen molar-refractivity contribution in [3.05, 3.63) is 77.3 Å². The fraction of sp³-hybridized carbons (Fsp3) is 0.261. The first-order valence-electron chi connectivity index (χ1n) is 10.0. The normalized spacial score (nSPS) is 18.8. The number of benzene rings is 2. The Morgan fingerprint density at radius 1 is 1.26 bits per heavy atom. The van der Waals surface area contributed by atoms with Crippen molar-refractivity contribution in [2.24, 2.45) is 7.05 Å². The lowest BCUT2D eigenvalue weighted by atomic mass is 10.0. The van der Waals surface area contributed by atoms with E-state index in [4.69, 9.17) is 16.3 Å². The molecular weight excluding hydrogens is 416 g/mol. The van der Waals surface area contributed by atoms with Gasteiger partial charge in [-0.15, -0.1) is 0 Å². The van der Waals surface area contributed by atoms with Crippen molar-refractivity contribution < 1.29 is 14.3 Å². The number of hydrogen-bond acceptors (Lipinski definition) is 4. The minimum absolute atomic E-state index is 0.218. The van der Waals surface area contributed by atoms with Gasteiger partial charge in [0.05, 0.1) is 12.9 Å². The van der Waals surface area contributed by atoms with Gasteiger partial charge in [-0.2, -0.15) is 0 Å². The number of halogens is 1. The second-order valence-corrected chi connectivity index (χ2v) is 7.95. The average molecular weight is 439 g/mol. The summed E-state index contributed by atoms with van der Waals surface area (Å²) in [4.78, 5) is 29.1. The van der Waals surface area contributed by atoms with E-state index in [0.29, 0.717) is 30.3 Å². The molecule has 160 valence electrons. The van der Waals surface area contributed by atoms with E-state index >= 15 is 0 Å². The summed E-state index contributed by atoms with van der Waals surface area (Å²) in [5.74, 6) is -0.491. The summed E-state index contributed by atoms with van der Waals surface area (Å²) < 4.78 is 7.58. The van der Waals surface area contributed by atoms with Crippen LogP contribution in [0, 0.1) is 0 Å². The number of ether oxygens (including phenoxy) is 1. The van der Waals surface area contributed by atoms with Crippen LogP contribution in [0.3, 0.4) is 0 Å². The summed E-state index contributed by atoms with van der Waals surface area (Å²) >= 11 is 5.98. The smallest absolute Gasteiger partial charge is 0.271 e. The van der Waals surface area contributed by atoms with Gasteiger partial charge in [0.25, 0.3) is 11.8 Å². The molecule has 0 unspecified atom stereocenters. The molecule has 1 aliphatic heterocycles. The summed E-state index contributed by atoms with van der Waals surface area (Å²) in [6.45, 7) is 0.709. The molecule has 0 bridgehead atoms. The Morgan fingerprint density at radius 2 is 2.06 bits per heavy atom. The first kappa shape index (κ1) is 21.1. The predicted molar refractivity (Wildman–Crippen MR) is 118 cm³/mol. The largest absolute Gasteiger partial charge is 0.364 e. The van der Waals surface area contributed by atoms with Crippen LogP contribution in [0.1, 0.15) is 28.6 Å². The molecule has 1 aromatic heterocycles. The molecule has 2 atom stereocenters. The number of rotatable bonds is 5. The number of aryl methyl sites for hydroxylation is 1. The first-order valence-corrected chi connectivity index (χ1v) is 10.4. The maximum atomic E-state index is 12.9. The fourth-order valence-corrected chi connectivity index (χ4v) is 3.64. The van der Waals surface area contributed by atoms with Gasteiger partial charge in [-0.05, 0) is 41.3 Å². The van der Waals surface area contributed by atoms with E-state index in [1.807, 2.05) is 48.5 Å². The summed E-state index contributed by atoms with van der Waals surface area (Å²) in [7, 11) is 1.80. The molecule has 0 aliphatic carbocycles. The van der Waals surface area contributed by atoms with E-state index < -0.39 is 6.10 Å². The SMILES string of the molecule is Cn1cnc(C(=O)NC[C@@H]2CCO[C@@H](c3cccc(-c4ccc(Cl)cc4)c3)C(=O)N2)c1. The number of imidazole rings is 1. The van der Waals surface area contributed by atoms with Crippen molar-refractivity contribution in [3.63, 3.8) is 0 Å². The highest BCUT2D eigenvalue weighted by molar-refractivity contribution is 6.30. The molecule has 2 N–H and O–H groups in total. The Balaban J connectivity index is 1.41. The van der Waals surface area contributed by atoms with E-state index in [0.717, 1.165) is 16.7 Å². The highest BCUT2D eigenvalue weighted by atomic mass is 35.5. The van der Waals surface area contributed by atoms with Crippen LogP contribution < -0.4 is 10.6 Å². The second kappa shape index (κ2) is 9.32. The summed E-state index contributed by atoms with van der Waals surface area (Å²) in [6.07, 6.45) is 3.11. The minimum atomic E-state index is -0.705. The molecule has 8 heteroatoms. The third kappa shape index (κ3) is 5.13. The Labute approximate surface area is 185 Å². The second-order valence-electron chi connectivity index (χ2n) is 7.51. The Hall–Kier alpha value is -3.16. The van der Waals surface area contributed by atoms with Crippen molar-refractivity contribution >= 4 is 23.4 Å². The maximum Gasteiger partial charge on any atom is 0.271 e. The molecule has 31 heavy (non-hydrogen) atoms. The third-order valence-electron chi connectivity index (χ3n) is 5.15. The van der Waals surface area contributed by atoms with E-state index in [-0.39, 0.29) is 17.9 Å². The maximum absolute atomic E-state index is 12.9. The molecule has 1 fully saturated rings. The Morgan fingerprint density at radius 3 is 2.81 bits per heavy atom. The zero-order chi connectivity index (χ0) is 21.8. The Bertz CT molecular complexity index is 1080. The highest BCUT2D eigenvalue weighted by Gasteiger charge is 2.28. The summed E-state index contributed by atoms with van der Waals surface area (Å²) in [5, 5.41) is 6.48. The molecule has 0 saturated carbocycles. The van der Waals surface area contributed by atoms with Gasteiger partial charge in [0, 0.05) is 30.9 Å². The zero-order valence-corrected chi connectivity index (χ0v) is 17.8. The molecular formula is C23H23ClN4O3. The van der Waals surface area contributed by atoms with Crippen molar-refractivity contribution in [2.75, 3.05) is 13.2 Å². The lowest BCUT2D eigenvalue weighted by Gasteiger charge is -2.17. The quantitative estimate of drug-likeness (QED) is 0.641. The number of nitrogens with zero attached hydrogens (tertiary/aromatic N) is 2. The number of amides is 2. The lowest BCUT2D eigenvalue weighted by molar-refractivity contribution is -0.131. The minimum Gasteiger partial charge on any atom is -0.364 e. The lowest BCUT2D eigenvalue weighted by Crippen LogP contribution is -2.44. The number of nitrogens with one attached hydrogen (secondary N) is 2. The molecule has 7 nitrogen and oxygen atoms in total. The van der Waals surface area contributed by atoms with Crippen LogP contribution in [-0.2, 0) is 16.6 Å². The highest BCUT2D eigenvalue weighted by Crippen LogP contribution is 2.27. The van der Waals surface area contributed by atoms with Gasteiger partial charge in [-0.3, -0.25) is 9.59 Å². The monoisotopic (exact) mass is 438 g/mol. The van der Waals surface area contributed by atoms with Crippen molar-refractivity contribution in [1.82, 2.24) is 20.2 Å². The molecule has 3 aromatic rings. The van der Waals surface area contributed by atoms with Crippen LogP contribution in [-0.4, -0.2) is 40.6 Å². The summed E-state index contributed by atoms with van der Waals surface area (Å²) in [5.41, 5.74) is 3.11. The van der Waals surface area contributed by atoms with Gasteiger partial charge in [0.2, 0.25) is 0 Å². The molecule has 2 amide bonds. The number of carbonyl (C=O) groups excluding carboxylic acids is 2. The van der Waals surface area contributed by atoms with Crippen molar-refractivity contribution in [1.29, 1.82) is 0 Å². The summed E-state index contributed by atoms with van der Waals surface area (Å²) in [6, 6.07) is 15.1. The molecule has 0 spiro atoms. The average Bonchev–Trinajstić information content (AvgIpc) is 3.12. The molecule has 4 rings (SSSR count). The van der Waals surface area contributed by atoms with Gasteiger partial charge in [0.1, 0.15) is 5.69 Å². The Kier molecular flexibility index (Phi) is 6.34. The predicted octanol–water partition coefficient (Wildman–Crippen LogP) is 3.12. The van der Waals surface area contributed by atoms with E-state index in [2.05, 4.69) is 15.6 Å². The van der Waals surface area contributed by atoms with E-state index in [1.165, 1.54) is 0 Å². The van der Waals surface area contributed by atoms with Crippen LogP contribution >= 0.6 is 11.6 Å².